The molecule has 0 spiro atoms. The van der Waals surface area contributed by atoms with Gasteiger partial charge in [-0.25, -0.2) is 4.79 Å². The number of hydrogen-bond acceptors (Lipinski definition) is 6. The zero-order valence-corrected chi connectivity index (χ0v) is 24.2. The molecule has 0 unspecified atom stereocenters. The first-order valence-corrected chi connectivity index (χ1v) is 14.0. The molecule has 1 saturated heterocycles. The molecule has 5 amide bonds. The van der Waals surface area contributed by atoms with Crippen molar-refractivity contribution in [3.8, 4) is 16.9 Å². The smallest absolute Gasteiger partial charge is 0.314 e. The number of ether oxygens (including phenoxy) is 1. The van der Waals surface area contributed by atoms with Crippen molar-refractivity contribution >= 4 is 23.8 Å². The Bertz CT molecular complexity index is 1270. The largest absolute Gasteiger partial charge is 0.491 e. The van der Waals surface area contributed by atoms with E-state index in [0.717, 1.165) is 11.1 Å². The molecule has 2 aromatic rings. The van der Waals surface area contributed by atoms with E-state index in [2.05, 4.69) is 16.0 Å². The first kappa shape index (κ1) is 29.9. The van der Waals surface area contributed by atoms with Crippen molar-refractivity contribution in [1.29, 1.82) is 0 Å². The molecule has 1 fully saturated rings. The van der Waals surface area contributed by atoms with Crippen LogP contribution in [0.4, 0.5) is 4.79 Å². The van der Waals surface area contributed by atoms with E-state index in [-0.39, 0.29) is 49.0 Å². The highest BCUT2D eigenvalue weighted by Crippen LogP contribution is 2.32. The van der Waals surface area contributed by atoms with Crippen molar-refractivity contribution < 1.29 is 23.9 Å². The number of nitrogens with zero attached hydrogens (tertiary/aromatic N) is 3. The van der Waals surface area contributed by atoms with Crippen LogP contribution in [0.3, 0.4) is 0 Å². The molecule has 3 N–H and O–H groups in total. The minimum absolute atomic E-state index is 0.125. The lowest BCUT2D eigenvalue weighted by Gasteiger charge is -2.30. The lowest BCUT2D eigenvalue weighted by Crippen LogP contribution is -2.53. The molecular weight excluding hydrogens is 524 g/mol. The van der Waals surface area contributed by atoms with Crippen LogP contribution in [0.15, 0.2) is 48.5 Å². The maximum atomic E-state index is 14.0. The van der Waals surface area contributed by atoms with Crippen LogP contribution >= 0.6 is 0 Å². The van der Waals surface area contributed by atoms with Crippen LogP contribution in [0.5, 0.6) is 5.75 Å². The Kier molecular flexibility index (Phi) is 9.82. The van der Waals surface area contributed by atoms with Crippen LogP contribution in [-0.2, 0) is 9.59 Å². The topological polar surface area (TPSA) is 123 Å². The van der Waals surface area contributed by atoms with Gasteiger partial charge in [-0.15, -0.1) is 0 Å². The highest BCUT2D eigenvalue weighted by molar-refractivity contribution is 5.95. The molecule has 2 heterocycles. The molecule has 11 heteroatoms. The van der Waals surface area contributed by atoms with Crippen molar-refractivity contribution in [3.63, 3.8) is 0 Å². The summed E-state index contributed by atoms with van der Waals surface area (Å²) in [5.41, 5.74) is 2.25. The van der Waals surface area contributed by atoms with Gasteiger partial charge in [0.2, 0.25) is 11.8 Å². The maximum Gasteiger partial charge on any atom is 0.314 e. The summed E-state index contributed by atoms with van der Waals surface area (Å²) in [5.74, 6) is 0.0135. The Morgan fingerprint density at radius 1 is 1.05 bits per heavy atom. The number of rotatable bonds is 4. The molecule has 2 aromatic carbocycles. The number of nitrogens with one attached hydrogen (secondary N) is 3. The first-order valence-electron chi connectivity index (χ1n) is 14.0. The van der Waals surface area contributed by atoms with Gasteiger partial charge in [-0.2, -0.15) is 0 Å². The highest BCUT2D eigenvalue weighted by atomic mass is 16.5. The summed E-state index contributed by atoms with van der Waals surface area (Å²) >= 11 is 0. The third kappa shape index (κ3) is 7.55. The van der Waals surface area contributed by atoms with Gasteiger partial charge in [0.05, 0.1) is 18.6 Å². The Balaban J connectivity index is 1.68. The first-order chi connectivity index (χ1) is 19.7. The third-order valence-electron chi connectivity index (χ3n) is 7.42. The summed E-state index contributed by atoms with van der Waals surface area (Å²) in [6.45, 7) is 1.06. The van der Waals surface area contributed by atoms with Crippen molar-refractivity contribution in [2.75, 3.05) is 54.4 Å². The molecule has 0 aliphatic carbocycles. The number of para-hydroxylation sites is 1. The fourth-order valence-electron chi connectivity index (χ4n) is 5.38. The average Bonchev–Trinajstić information content (AvgIpc) is 3.36. The van der Waals surface area contributed by atoms with Gasteiger partial charge in [0.25, 0.3) is 5.91 Å². The molecule has 11 nitrogen and oxygen atoms in total. The minimum Gasteiger partial charge on any atom is -0.491 e. The zero-order chi connectivity index (χ0) is 29.5. The van der Waals surface area contributed by atoms with Crippen LogP contribution in [0.25, 0.3) is 11.1 Å². The van der Waals surface area contributed by atoms with Gasteiger partial charge >= 0.3 is 6.03 Å². The van der Waals surface area contributed by atoms with Crippen LogP contribution in [0, 0.1) is 0 Å². The number of hydrogen-bond donors (Lipinski definition) is 3. The van der Waals surface area contributed by atoms with Crippen molar-refractivity contribution in [3.05, 3.63) is 54.1 Å². The second-order valence-corrected chi connectivity index (χ2v) is 10.9. The molecular formula is C30H40N6O5. The van der Waals surface area contributed by atoms with Crippen molar-refractivity contribution in [1.82, 2.24) is 30.7 Å². The van der Waals surface area contributed by atoms with E-state index in [9.17, 15) is 19.2 Å². The summed E-state index contributed by atoms with van der Waals surface area (Å²) in [5, 5.41) is 8.40. The lowest BCUT2D eigenvalue weighted by atomic mass is 10.0. The highest BCUT2D eigenvalue weighted by Gasteiger charge is 2.39. The van der Waals surface area contributed by atoms with E-state index < -0.39 is 6.04 Å². The Labute approximate surface area is 241 Å². The summed E-state index contributed by atoms with van der Waals surface area (Å²) in [4.78, 5) is 57.2. The van der Waals surface area contributed by atoms with E-state index in [0.29, 0.717) is 43.7 Å². The van der Waals surface area contributed by atoms with E-state index in [1.165, 1.54) is 0 Å². The average molecular weight is 565 g/mol. The van der Waals surface area contributed by atoms with Crippen LogP contribution < -0.4 is 20.7 Å². The number of likely N-dealkylation sites (N-methyl/N-ethyl adjacent to an activating group) is 1. The number of carbonyl (C=O) groups excluding carboxylic acids is 4. The van der Waals surface area contributed by atoms with Crippen molar-refractivity contribution in [2.45, 2.75) is 37.4 Å². The summed E-state index contributed by atoms with van der Waals surface area (Å²) in [6.07, 6.45) is 1.38. The maximum absolute atomic E-state index is 14.0. The van der Waals surface area contributed by atoms with Gasteiger partial charge < -0.3 is 35.4 Å². The fourth-order valence-corrected chi connectivity index (χ4v) is 5.38. The van der Waals surface area contributed by atoms with Gasteiger partial charge in [-0.05, 0) is 57.1 Å². The van der Waals surface area contributed by atoms with E-state index in [1.807, 2.05) is 42.5 Å². The monoisotopic (exact) mass is 564 g/mol. The molecule has 0 saturated carbocycles. The molecule has 2 aliphatic heterocycles. The summed E-state index contributed by atoms with van der Waals surface area (Å²) < 4.78 is 6.33. The zero-order valence-electron chi connectivity index (χ0n) is 24.2. The molecule has 4 rings (SSSR count). The van der Waals surface area contributed by atoms with Gasteiger partial charge in [0.1, 0.15) is 18.4 Å². The van der Waals surface area contributed by atoms with Gasteiger partial charge in [0, 0.05) is 38.3 Å². The summed E-state index contributed by atoms with van der Waals surface area (Å²) in [7, 11) is 6.86. The predicted molar refractivity (Wildman–Crippen MR) is 156 cm³/mol. The number of urea groups is 1. The minimum atomic E-state index is -0.782. The Morgan fingerprint density at radius 2 is 1.80 bits per heavy atom. The molecule has 2 bridgehead atoms. The van der Waals surface area contributed by atoms with Crippen LogP contribution in [0.2, 0.25) is 0 Å². The van der Waals surface area contributed by atoms with Crippen LogP contribution in [0.1, 0.15) is 29.6 Å². The normalized spacial score (nSPS) is 21.5. The molecule has 3 atom stereocenters. The predicted octanol–water partition coefficient (Wildman–Crippen LogP) is 1.54. The number of amides is 5. The van der Waals surface area contributed by atoms with Crippen LogP contribution in [-0.4, -0.2) is 111 Å². The quantitative estimate of drug-likeness (QED) is 0.518. The van der Waals surface area contributed by atoms with Crippen molar-refractivity contribution in [2.24, 2.45) is 0 Å². The van der Waals surface area contributed by atoms with Gasteiger partial charge in [-0.3, -0.25) is 14.4 Å². The summed E-state index contributed by atoms with van der Waals surface area (Å²) in [6, 6.07) is 13.4. The lowest BCUT2D eigenvalue weighted by molar-refractivity contribution is -0.138. The SMILES string of the molecule is CNC(=O)N[C@H]1C[C@H]2COc3ccccc3-c3cccc(c3)C(=O)N(C)CCC[C@H](NC(=O)CN(C)C)C(=O)N2C1. The molecule has 220 valence electrons. The number of carbonyl (C=O) groups is 4. The third-order valence-corrected chi connectivity index (χ3v) is 7.42. The standard InChI is InChI=1S/C30H40N6O5/c1-31-30(40)32-22-16-23-19-41-26-13-6-5-11-24(26)20-9-7-10-21(15-20)28(38)35(4)14-8-12-25(29(39)36(23)17-22)33-27(37)18-34(2)3/h5-7,9-11,13,15,22-23,25H,8,12,14,16-19H2,1-4H3,(H,33,37)(H2,31,32,40)/t22-,23-,25-/m0/s1. The Morgan fingerprint density at radius 3 is 2.56 bits per heavy atom. The van der Waals surface area contributed by atoms with E-state index in [4.69, 9.17) is 4.74 Å². The molecule has 2 aliphatic rings. The Hall–Kier alpha value is -4.12. The number of fused-ring (bicyclic) bond motifs is 5. The number of benzene rings is 2. The van der Waals surface area contributed by atoms with Gasteiger partial charge in [-0.1, -0.05) is 30.3 Å². The second-order valence-electron chi connectivity index (χ2n) is 10.9. The van der Waals surface area contributed by atoms with E-state index in [1.54, 1.807) is 49.0 Å². The van der Waals surface area contributed by atoms with E-state index >= 15 is 0 Å². The molecule has 41 heavy (non-hydrogen) atoms. The fraction of sp³-hybridized carbons (Fsp3) is 0.467. The molecule has 0 radical (unpaired) electrons. The second kappa shape index (κ2) is 13.5. The molecule has 0 aromatic heterocycles. The van der Waals surface area contributed by atoms with Gasteiger partial charge in [0.15, 0.2) is 0 Å².